The minimum absolute atomic E-state index is 0.103. The van der Waals surface area contributed by atoms with Crippen LogP contribution in [0.3, 0.4) is 0 Å². The zero-order valence-corrected chi connectivity index (χ0v) is 17.6. The molecule has 0 saturated carbocycles. The molecule has 1 saturated heterocycles. The van der Waals surface area contributed by atoms with Crippen molar-refractivity contribution in [2.75, 3.05) is 27.4 Å². The molecule has 2 aromatic carbocycles. The van der Waals surface area contributed by atoms with E-state index in [0.717, 1.165) is 50.5 Å². The summed E-state index contributed by atoms with van der Waals surface area (Å²) in [5.41, 5.74) is 2.68. The smallest absolute Gasteiger partial charge is 0.118 e. The van der Waals surface area contributed by atoms with Crippen LogP contribution in [0, 0.1) is 0 Å². The quantitative estimate of drug-likeness (QED) is 0.670. The third kappa shape index (κ3) is 5.06. The van der Waals surface area contributed by atoms with Gasteiger partial charge < -0.3 is 19.5 Å². The number of methoxy groups -OCH3 is 2. The summed E-state index contributed by atoms with van der Waals surface area (Å²) in [6.45, 7) is 7.04. The summed E-state index contributed by atoms with van der Waals surface area (Å²) < 4.78 is 16.6. The topological polar surface area (TPSA) is 39.7 Å². The standard InChI is InChI=1S/C24H33NO3/c1-23(2)18-24(14-16-28-23,20-7-11-22(27-4)12-8-20)13-15-25-17-19-5-9-21(26-3)10-6-19/h5-12,25H,13-18H2,1-4H3/t24-/m1/s1. The molecule has 2 aromatic rings. The van der Waals surface area contributed by atoms with Gasteiger partial charge in [-0.3, -0.25) is 0 Å². The van der Waals surface area contributed by atoms with Gasteiger partial charge in [-0.05, 0) is 75.0 Å². The van der Waals surface area contributed by atoms with E-state index >= 15 is 0 Å². The first kappa shape index (κ1) is 20.7. The van der Waals surface area contributed by atoms with E-state index in [-0.39, 0.29) is 11.0 Å². The van der Waals surface area contributed by atoms with Gasteiger partial charge in [0.15, 0.2) is 0 Å². The van der Waals surface area contributed by atoms with E-state index < -0.39 is 0 Å². The number of rotatable bonds is 8. The van der Waals surface area contributed by atoms with Crippen LogP contribution in [-0.4, -0.2) is 33.0 Å². The van der Waals surface area contributed by atoms with Gasteiger partial charge in [-0.1, -0.05) is 24.3 Å². The van der Waals surface area contributed by atoms with Crippen molar-refractivity contribution >= 4 is 0 Å². The van der Waals surface area contributed by atoms with Crippen molar-refractivity contribution in [2.45, 2.75) is 50.7 Å². The van der Waals surface area contributed by atoms with E-state index in [4.69, 9.17) is 14.2 Å². The van der Waals surface area contributed by atoms with Crippen molar-refractivity contribution in [1.29, 1.82) is 0 Å². The summed E-state index contributed by atoms with van der Waals surface area (Å²) in [6.07, 6.45) is 3.16. The summed E-state index contributed by atoms with van der Waals surface area (Å²) in [7, 11) is 3.41. The van der Waals surface area contributed by atoms with Gasteiger partial charge in [0.05, 0.1) is 19.8 Å². The maximum absolute atomic E-state index is 6.03. The Balaban J connectivity index is 1.66. The van der Waals surface area contributed by atoms with E-state index in [1.807, 2.05) is 12.1 Å². The minimum Gasteiger partial charge on any atom is -0.497 e. The Labute approximate surface area is 169 Å². The molecule has 4 nitrogen and oxygen atoms in total. The first-order chi connectivity index (χ1) is 13.5. The van der Waals surface area contributed by atoms with Crippen molar-refractivity contribution < 1.29 is 14.2 Å². The summed E-state index contributed by atoms with van der Waals surface area (Å²) >= 11 is 0. The lowest BCUT2D eigenvalue weighted by molar-refractivity contribution is -0.0840. The third-order valence-corrected chi connectivity index (χ3v) is 5.81. The van der Waals surface area contributed by atoms with E-state index in [1.54, 1.807) is 14.2 Å². The summed E-state index contributed by atoms with van der Waals surface area (Å²) in [5.74, 6) is 1.80. The molecule has 0 amide bonds. The Kier molecular flexibility index (Phi) is 6.63. The van der Waals surface area contributed by atoms with E-state index in [9.17, 15) is 0 Å². The average molecular weight is 384 g/mol. The molecule has 1 aliphatic heterocycles. The highest BCUT2D eigenvalue weighted by atomic mass is 16.5. The van der Waals surface area contributed by atoms with Crippen LogP contribution < -0.4 is 14.8 Å². The van der Waals surface area contributed by atoms with Gasteiger partial charge >= 0.3 is 0 Å². The Bertz CT molecular complexity index is 739. The lowest BCUT2D eigenvalue weighted by Gasteiger charge is -2.45. The molecule has 0 spiro atoms. The second kappa shape index (κ2) is 8.97. The van der Waals surface area contributed by atoms with Gasteiger partial charge in [0, 0.05) is 18.6 Å². The van der Waals surface area contributed by atoms with Gasteiger partial charge in [-0.25, -0.2) is 0 Å². The first-order valence-corrected chi connectivity index (χ1v) is 10.1. The summed E-state index contributed by atoms with van der Waals surface area (Å²) in [5, 5.41) is 3.62. The Hall–Kier alpha value is -2.04. The fourth-order valence-electron chi connectivity index (χ4n) is 4.33. The summed E-state index contributed by atoms with van der Waals surface area (Å²) in [4.78, 5) is 0. The van der Waals surface area contributed by atoms with Crippen molar-refractivity contribution in [3.63, 3.8) is 0 Å². The molecule has 0 unspecified atom stereocenters. The molecule has 1 heterocycles. The average Bonchev–Trinajstić information content (AvgIpc) is 2.71. The molecule has 1 N–H and O–H groups in total. The van der Waals surface area contributed by atoms with Crippen LogP contribution in [0.4, 0.5) is 0 Å². The first-order valence-electron chi connectivity index (χ1n) is 10.1. The third-order valence-electron chi connectivity index (χ3n) is 5.81. The van der Waals surface area contributed by atoms with Crippen LogP contribution in [0.2, 0.25) is 0 Å². The molecule has 0 radical (unpaired) electrons. The minimum atomic E-state index is -0.103. The highest BCUT2D eigenvalue weighted by Crippen LogP contribution is 2.44. The molecular formula is C24H33NO3. The number of benzene rings is 2. The maximum Gasteiger partial charge on any atom is 0.118 e. The lowest BCUT2D eigenvalue weighted by Crippen LogP contribution is -2.45. The van der Waals surface area contributed by atoms with Gasteiger partial charge in [0.25, 0.3) is 0 Å². The van der Waals surface area contributed by atoms with Crippen LogP contribution in [-0.2, 0) is 16.7 Å². The molecule has 28 heavy (non-hydrogen) atoms. The van der Waals surface area contributed by atoms with E-state index in [1.165, 1.54) is 11.1 Å². The van der Waals surface area contributed by atoms with E-state index in [0.29, 0.717) is 0 Å². The number of hydrogen-bond donors (Lipinski definition) is 1. The molecular weight excluding hydrogens is 350 g/mol. The van der Waals surface area contributed by atoms with Crippen LogP contribution in [0.5, 0.6) is 11.5 Å². The largest absolute Gasteiger partial charge is 0.497 e. The maximum atomic E-state index is 6.03. The van der Waals surface area contributed by atoms with Gasteiger partial charge in [-0.15, -0.1) is 0 Å². The van der Waals surface area contributed by atoms with Gasteiger partial charge in [0.2, 0.25) is 0 Å². The van der Waals surface area contributed by atoms with Crippen molar-refractivity contribution in [3.8, 4) is 11.5 Å². The zero-order chi connectivity index (χ0) is 20.0. The van der Waals surface area contributed by atoms with Crippen LogP contribution in [0.25, 0.3) is 0 Å². The SMILES string of the molecule is COc1ccc(CNCC[C@@]2(c3ccc(OC)cc3)CCOC(C)(C)C2)cc1. The van der Waals surface area contributed by atoms with Crippen LogP contribution in [0.15, 0.2) is 48.5 Å². The normalized spacial score (nSPS) is 21.3. The van der Waals surface area contributed by atoms with Crippen molar-refractivity contribution in [2.24, 2.45) is 0 Å². The molecule has 3 rings (SSSR count). The highest BCUT2D eigenvalue weighted by Gasteiger charge is 2.41. The Morgan fingerprint density at radius 1 is 0.929 bits per heavy atom. The van der Waals surface area contributed by atoms with Crippen LogP contribution >= 0.6 is 0 Å². The number of nitrogens with one attached hydrogen (secondary N) is 1. The second-order valence-electron chi connectivity index (χ2n) is 8.32. The second-order valence-corrected chi connectivity index (χ2v) is 8.32. The molecule has 1 fully saturated rings. The Morgan fingerprint density at radius 2 is 1.54 bits per heavy atom. The predicted octanol–water partition coefficient (Wildman–Crippen LogP) is 4.71. The highest BCUT2D eigenvalue weighted by molar-refractivity contribution is 5.33. The molecule has 0 bridgehead atoms. The van der Waals surface area contributed by atoms with Crippen molar-refractivity contribution in [1.82, 2.24) is 5.32 Å². The zero-order valence-electron chi connectivity index (χ0n) is 17.6. The number of ether oxygens (including phenoxy) is 3. The van der Waals surface area contributed by atoms with Crippen LogP contribution in [0.1, 0.15) is 44.2 Å². The van der Waals surface area contributed by atoms with Crippen molar-refractivity contribution in [3.05, 3.63) is 59.7 Å². The fraction of sp³-hybridized carbons (Fsp3) is 0.500. The monoisotopic (exact) mass is 383 g/mol. The molecule has 152 valence electrons. The molecule has 0 aromatic heterocycles. The van der Waals surface area contributed by atoms with Gasteiger partial charge in [0.1, 0.15) is 11.5 Å². The number of hydrogen-bond acceptors (Lipinski definition) is 4. The molecule has 0 aliphatic carbocycles. The predicted molar refractivity (Wildman–Crippen MR) is 113 cm³/mol. The Morgan fingerprint density at radius 3 is 2.11 bits per heavy atom. The fourth-order valence-corrected chi connectivity index (χ4v) is 4.33. The molecule has 1 atom stereocenters. The molecule has 4 heteroatoms. The lowest BCUT2D eigenvalue weighted by atomic mass is 9.67. The van der Waals surface area contributed by atoms with Gasteiger partial charge in [-0.2, -0.15) is 0 Å². The molecule has 1 aliphatic rings. The summed E-state index contributed by atoms with van der Waals surface area (Å²) in [6, 6.07) is 16.8. The van der Waals surface area contributed by atoms with E-state index in [2.05, 4.69) is 55.6 Å².